The van der Waals surface area contributed by atoms with Crippen LogP contribution in [0.25, 0.3) is 0 Å². The Bertz CT molecular complexity index is 360. The molecule has 0 amide bonds. The minimum absolute atomic E-state index is 0.554. The molecule has 2 heterocycles. The van der Waals surface area contributed by atoms with Gasteiger partial charge in [0.2, 0.25) is 0 Å². The molecule has 0 saturated carbocycles. The Labute approximate surface area is 112 Å². The van der Waals surface area contributed by atoms with Gasteiger partial charge in [-0.2, -0.15) is 0 Å². The molecule has 0 atom stereocenters. The van der Waals surface area contributed by atoms with Crippen molar-refractivity contribution >= 4 is 21.7 Å². The van der Waals surface area contributed by atoms with E-state index in [1.165, 1.54) is 32.1 Å². The SMILES string of the molecule is NCc1cc(Br)cnc1N1CCCCCCC1. The number of rotatable bonds is 2. The highest BCUT2D eigenvalue weighted by molar-refractivity contribution is 9.10. The predicted molar refractivity (Wildman–Crippen MR) is 75.1 cm³/mol. The van der Waals surface area contributed by atoms with Crippen LogP contribution in [0.4, 0.5) is 5.82 Å². The summed E-state index contributed by atoms with van der Waals surface area (Å²) in [5.74, 6) is 1.08. The van der Waals surface area contributed by atoms with Gasteiger partial charge in [-0.25, -0.2) is 4.98 Å². The average molecular weight is 298 g/mol. The molecule has 0 aromatic carbocycles. The summed E-state index contributed by atoms with van der Waals surface area (Å²) >= 11 is 3.45. The van der Waals surface area contributed by atoms with Crippen molar-refractivity contribution in [3.05, 3.63) is 22.3 Å². The van der Waals surface area contributed by atoms with Crippen LogP contribution < -0.4 is 10.6 Å². The summed E-state index contributed by atoms with van der Waals surface area (Å²) in [4.78, 5) is 6.94. The Kier molecular flexibility index (Phi) is 4.80. The van der Waals surface area contributed by atoms with Crippen LogP contribution in [0.2, 0.25) is 0 Å². The Morgan fingerprint density at radius 2 is 1.82 bits per heavy atom. The lowest BCUT2D eigenvalue weighted by Crippen LogP contribution is -2.29. The van der Waals surface area contributed by atoms with Crippen LogP contribution in [0.15, 0.2) is 16.7 Å². The summed E-state index contributed by atoms with van der Waals surface area (Å²) in [5.41, 5.74) is 6.95. The Morgan fingerprint density at radius 1 is 1.18 bits per heavy atom. The molecular weight excluding hydrogens is 278 g/mol. The highest BCUT2D eigenvalue weighted by atomic mass is 79.9. The van der Waals surface area contributed by atoms with Crippen molar-refractivity contribution in [1.29, 1.82) is 0 Å². The first-order valence-electron chi connectivity index (χ1n) is 6.40. The highest BCUT2D eigenvalue weighted by Gasteiger charge is 2.13. The maximum atomic E-state index is 5.81. The lowest BCUT2D eigenvalue weighted by Gasteiger charge is -2.27. The van der Waals surface area contributed by atoms with Crippen LogP contribution in [0.5, 0.6) is 0 Å². The second-order valence-corrected chi connectivity index (χ2v) is 5.51. The summed E-state index contributed by atoms with van der Waals surface area (Å²) in [6.07, 6.45) is 8.46. The standard InChI is InChI=1S/C13H20BrN3/c14-12-8-11(9-15)13(16-10-12)17-6-4-2-1-3-5-7-17/h8,10H,1-7,9,15H2. The molecule has 0 aliphatic carbocycles. The molecular formula is C13H20BrN3. The van der Waals surface area contributed by atoms with E-state index in [4.69, 9.17) is 5.73 Å². The summed E-state index contributed by atoms with van der Waals surface area (Å²) in [5, 5.41) is 0. The van der Waals surface area contributed by atoms with Crippen LogP contribution >= 0.6 is 15.9 Å². The van der Waals surface area contributed by atoms with E-state index in [2.05, 4.69) is 31.9 Å². The molecule has 0 spiro atoms. The molecule has 94 valence electrons. The molecule has 1 saturated heterocycles. The largest absolute Gasteiger partial charge is 0.356 e. The van der Waals surface area contributed by atoms with Gasteiger partial charge in [0, 0.05) is 35.9 Å². The number of nitrogens with two attached hydrogens (primary N) is 1. The molecule has 17 heavy (non-hydrogen) atoms. The molecule has 0 bridgehead atoms. The van der Waals surface area contributed by atoms with Crippen molar-refractivity contribution in [1.82, 2.24) is 4.98 Å². The number of halogens is 1. The lowest BCUT2D eigenvalue weighted by atomic mass is 10.1. The lowest BCUT2D eigenvalue weighted by molar-refractivity contribution is 0.552. The second-order valence-electron chi connectivity index (χ2n) is 4.60. The number of nitrogens with zero attached hydrogens (tertiary/aromatic N) is 2. The fourth-order valence-electron chi connectivity index (χ4n) is 2.37. The zero-order valence-electron chi connectivity index (χ0n) is 10.2. The molecule has 1 fully saturated rings. The van der Waals surface area contributed by atoms with Gasteiger partial charge in [-0.3, -0.25) is 0 Å². The number of hydrogen-bond donors (Lipinski definition) is 1. The third-order valence-corrected chi connectivity index (χ3v) is 3.72. The van der Waals surface area contributed by atoms with Crippen molar-refractivity contribution in [2.24, 2.45) is 5.73 Å². The summed E-state index contributed by atoms with van der Waals surface area (Å²) < 4.78 is 1.01. The first-order chi connectivity index (χ1) is 8.31. The molecule has 4 heteroatoms. The van der Waals surface area contributed by atoms with Gasteiger partial charge >= 0.3 is 0 Å². The molecule has 1 aromatic heterocycles. The maximum absolute atomic E-state index is 5.81. The molecule has 1 aliphatic rings. The highest BCUT2D eigenvalue weighted by Crippen LogP contribution is 2.23. The Balaban J connectivity index is 2.18. The number of hydrogen-bond acceptors (Lipinski definition) is 3. The van der Waals surface area contributed by atoms with E-state index < -0.39 is 0 Å². The van der Waals surface area contributed by atoms with Crippen molar-refractivity contribution in [3.63, 3.8) is 0 Å². The van der Waals surface area contributed by atoms with E-state index >= 15 is 0 Å². The third kappa shape index (κ3) is 3.42. The molecule has 0 unspecified atom stereocenters. The van der Waals surface area contributed by atoms with Crippen molar-refractivity contribution in [3.8, 4) is 0 Å². The van der Waals surface area contributed by atoms with Gasteiger partial charge in [-0.05, 0) is 34.8 Å². The minimum atomic E-state index is 0.554. The van der Waals surface area contributed by atoms with Crippen molar-refractivity contribution in [2.75, 3.05) is 18.0 Å². The molecule has 0 radical (unpaired) electrons. The number of aromatic nitrogens is 1. The molecule has 2 rings (SSSR count). The first kappa shape index (κ1) is 12.8. The van der Waals surface area contributed by atoms with Gasteiger partial charge < -0.3 is 10.6 Å². The molecule has 1 aromatic rings. The predicted octanol–water partition coefficient (Wildman–Crippen LogP) is 3.07. The quantitative estimate of drug-likeness (QED) is 0.912. The van der Waals surface area contributed by atoms with Gasteiger partial charge in [0.05, 0.1) is 0 Å². The average Bonchev–Trinajstić information content (AvgIpc) is 2.29. The van der Waals surface area contributed by atoms with E-state index in [0.29, 0.717) is 6.54 Å². The van der Waals surface area contributed by atoms with E-state index in [-0.39, 0.29) is 0 Å². The molecule has 2 N–H and O–H groups in total. The van der Waals surface area contributed by atoms with E-state index in [9.17, 15) is 0 Å². The van der Waals surface area contributed by atoms with Gasteiger partial charge in [0.1, 0.15) is 5.82 Å². The van der Waals surface area contributed by atoms with E-state index in [1.54, 1.807) is 0 Å². The summed E-state index contributed by atoms with van der Waals surface area (Å²) in [7, 11) is 0. The van der Waals surface area contributed by atoms with Crippen LogP contribution in [-0.4, -0.2) is 18.1 Å². The Morgan fingerprint density at radius 3 is 2.47 bits per heavy atom. The molecule has 1 aliphatic heterocycles. The zero-order valence-corrected chi connectivity index (χ0v) is 11.7. The van der Waals surface area contributed by atoms with Crippen LogP contribution in [0.1, 0.15) is 37.7 Å². The van der Waals surface area contributed by atoms with Crippen molar-refractivity contribution < 1.29 is 0 Å². The van der Waals surface area contributed by atoms with Gasteiger partial charge in [-0.15, -0.1) is 0 Å². The normalized spacial score (nSPS) is 17.6. The summed E-state index contributed by atoms with van der Waals surface area (Å²) in [6.45, 7) is 2.78. The van der Waals surface area contributed by atoms with E-state index in [1.807, 2.05) is 6.20 Å². The minimum Gasteiger partial charge on any atom is -0.356 e. The summed E-state index contributed by atoms with van der Waals surface area (Å²) in [6, 6.07) is 2.08. The van der Waals surface area contributed by atoms with Crippen molar-refractivity contribution in [2.45, 2.75) is 38.6 Å². The topological polar surface area (TPSA) is 42.1 Å². The number of pyridine rings is 1. The third-order valence-electron chi connectivity index (χ3n) is 3.29. The fraction of sp³-hybridized carbons (Fsp3) is 0.615. The fourth-order valence-corrected chi connectivity index (χ4v) is 2.75. The molecule has 3 nitrogen and oxygen atoms in total. The number of anilines is 1. The van der Waals surface area contributed by atoms with Gasteiger partial charge in [0.25, 0.3) is 0 Å². The van der Waals surface area contributed by atoms with Crippen LogP contribution in [-0.2, 0) is 6.54 Å². The first-order valence-corrected chi connectivity index (χ1v) is 7.20. The Hall–Kier alpha value is -0.610. The second kappa shape index (κ2) is 6.36. The van der Waals surface area contributed by atoms with E-state index in [0.717, 1.165) is 28.9 Å². The van der Waals surface area contributed by atoms with Crippen LogP contribution in [0, 0.1) is 0 Å². The van der Waals surface area contributed by atoms with Gasteiger partial charge in [0.15, 0.2) is 0 Å². The zero-order chi connectivity index (χ0) is 12.1. The monoisotopic (exact) mass is 297 g/mol. The van der Waals surface area contributed by atoms with Crippen LogP contribution in [0.3, 0.4) is 0 Å². The maximum Gasteiger partial charge on any atom is 0.133 e. The van der Waals surface area contributed by atoms with Gasteiger partial charge in [-0.1, -0.05) is 19.3 Å². The smallest absolute Gasteiger partial charge is 0.133 e.